The average molecular weight is 193 g/mol. The number of nitrogens with zero attached hydrogens (tertiary/aromatic N) is 2. The molecule has 0 aromatic carbocycles. The predicted octanol–water partition coefficient (Wildman–Crippen LogP) is 2.26. The summed E-state index contributed by atoms with van der Waals surface area (Å²) in [7, 11) is 0. The van der Waals surface area contributed by atoms with Crippen molar-refractivity contribution < 1.29 is 0 Å². The molecular formula is C11H19N3. The van der Waals surface area contributed by atoms with Gasteiger partial charge in [0.2, 0.25) is 0 Å². The first-order chi connectivity index (χ1) is 6.68. The Morgan fingerprint density at radius 2 is 2.29 bits per heavy atom. The third-order valence-electron chi connectivity index (χ3n) is 2.74. The predicted molar refractivity (Wildman–Crippen MR) is 56.9 cm³/mol. The van der Waals surface area contributed by atoms with Gasteiger partial charge in [0.1, 0.15) is 0 Å². The lowest BCUT2D eigenvalue weighted by Crippen LogP contribution is -2.16. The first-order valence-electron chi connectivity index (χ1n) is 5.45. The van der Waals surface area contributed by atoms with E-state index in [-0.39, 0.29) is 6.04 Å². The Balaban J connectivity index is 2.09. The van der Waals surface area contributed by atoms with Crippen molar-refractivity contribution in [3.63, 3.8) is 0 Å². The second-order valence-corrected chi connectivity index (χ2v) is 4.69. The van der Waals surface area contributed by atoms with Gasteiger partial charge in [-0.2, -0.15) is 0 Å². The van der Waals surface area contributed by atoms with E-state index in [2.05, 4.69) is 23.4 Å². The van der Waals surface area contributed by atoms with Crippen LogP contribution in [0.5, 0.6) is 0 Å². The van der Waals surface area contributed by atoms with Crippen molar-refractivity contribution in [2.75, 3.05) is 0 Å². The summed E-state index contributed by atoms with van der Waals surface area (Å²) in [5.41, 5.74) is 7.36. The molecule has 0 bridgehead atoms. The Morgan fingerprint density at radius 3 is 2.86 bits per heavy atom. The molecule has 1 heterocycles. The van der Waals surface area contributed by atoms with Crippen LogP contribution in [0.2, 0.25) is 0 Å². The molecule has 0 radical (unpaired) electrons. The van der Waals surface area contributed by atoms with Crippen LogP contribution in [0, 0.1) is 5.92 Å². The zero-order valence-corrected chi connectivity index (χ0v) is 8.98. The molecule has 1 aromatic heterocycles. The van der Waals surface area contributed by atoms with Gasteiger partial charge in [0.15, 0.2) is 0 Å². The van der Waals surface area contributed by atoms with Crippen LogP contribution in [-0.2, 0) is 0 Å². The van der Waals surface area contributed by atoms with Crippen LogP contribution in [0.25, 0.3) is 0 Å². The van der Waals surface area contributed by atoms with Crippen LogP contribution >= 0.6 is 0 Å². The molecule has 1 aliphatic rings. The molecular weight excluding hydrogens is 174 g/mol. The van der Waals surface area contributed by atoms with Gasteiger partial charge in [-0.15, -0.1) is 0 Å². The first kappa shape index (κ1) is 9.71. The fourth-order valence-electron chi connectivity index (χ4n) is 1.89. The summed E-state index contributed by atoms with van der Waals surface area (Å²) >= 11 is 0. The van der Waals surface area contributed by atoms with Crippen molar-refractivity contribution in [3.8, 4) is 0 Å². The number of hydrogen-bond acceptors (Lipinski definition) is 2. The minimum atomic E-state index is 0.151. The number of imidazole rings is 1. The molecule has 1 unspecified atom stereocenters. The Morgan fingerprint density at radius 1 is 1.57 bits per heavy atom. The van der Waals surface area contributed by atoms with Gasteiger partial charge in [-0.05, 0) is 25.2 Å². The summed E-state index contributed by atoms with van der Waals surface area (Å²) in [6.07, 6.45) is 7.46. The molecule has 2 N–H and O–H groups in total. The van der Waals surface area contributed by atoms with E-state index in [9.17, 15) is 0 Å². The molecule has 1 saturated carbocycles. The van der Waals surface area contributed by atoms with Gasteiger partial charge >= 0.3 is 0 Å². The molecule has 0 amide bonds. The maximum absolute atomic E-state index is 6.15. The van der Waals surface area contributed by atoms with Crippen LogP contribution in [0.1, 0.15) is 50.9 Å². The highest BCUT2D eigenvalue weighted by atomic mass is 15.1. The molecule has 0 saturated heterocycles. The summed E-state index contributed by atoms with van der Waals surface area (Å²) in [5, 5.41) is 0. The third-order valence-corrected chi connectivity index (χ3v) is 2.74. The Bertz CT molecular complexity index is 299. The van der Waals surface area contributed by atoms with Crippen molar-refractivity contribution in [2.45, 2.75) is 45.2 Å². The summed E-state index contributed by atoms with van der Waals surface area (Å²) < 4.78 is 2.26. The molecule has 0 spiro atoms. The quantitative estimate of drug-likeness (QED) is 0.797. The first-order valence-corrected chi connectivity index (χ1v) is 5.45. The molecule has 1 atom stereocenters. The van der Waals surface area contributed by atoms with E-state index >= 15 is 0 Å². The lowest BCUT2D eigenvalue weighted by molar-refractivity contribution is 0.485. The highest BCUT2D eigenvalue weighted by Crippen LogP contribution is 2.37. The van der Waals surface area contributed by atoms with Gasteiger partial charge in [0, 0.05) is 18.3 Å². The number of aromatic nitrogens is 2. The van der Waals surface area contributed by atoms with Crippen LogP contribution < -0.4 is 5.73 Å². The van der Waals surface area contributed by atoms with Crippen LogP contribution in [0.3, 0.4) is 0 Å². The van der Waals surface area contributed by atoms with Gasteiger partial charge in [0.25, 0.3) is 0 Å². The van der Waals surface area contributed by atoms with E-state index in [4.69, 9.17) is 5.73 Å². The second kappa shape index (κ2) is 3.73. The lowest BCUT2D eigenvalue weighted by atomic mass is 10.0. The third kappa shape index (κ3) is 1.98. The fourth-order valence-corrected chi connectivity index (χ4v) is 1.89. The van der Waals surface area contributed by atoms with E-state index in [0.717, 1.165) is 6.42 Å². The van der Waals surface area contributed by atoms with Crippen LogP contribution in [0.4, 0.5) is 0 Å². The largest absolute Gasteiger partial charge is 0.330 e. The van der Waals surface area contributed by atoms with Crippen molar-refractivity contribution >= 4 is 0 Å². The zero-order valence-electron chi connectivity index (χ0n) is 8.98. The SMILES string of the molecule is CC(C)CC(N)c1cncn1C1CC1. The van der Waals surface area contributed by atoms with Crippen LogP contribution in [-0.4, -0.2) is 9.55 Å². The van der Waals surface area contributed by atoms with E-state index in [1.807, 2.05) is 12.5 Å². The second-order valence-electron chi connectivity index (χ2n) is 4.69. The van der Waals surface area contributed by atoms with Crippen LogP contribution in [0.15, 0.2) is 12.5 Å². The fraction of sp³-hybridized carbons (Fsp3) is 0.727. The molecule has 14 heavy (non-hydrogen) atoms. The van der Waals surface area contributed by atoms with Gasteiger partial charge in [-0.1, -0.05) is 13.8 Å². The van der Waals surface area contributed by atoms with Gasteiger partial charge in [-0.3, -0.25) is 0 Å². The van der Waals surface area contributed by atoms with E-state index < -0.39 is 0 Å². The van der Waals surface area contributed by atoms with E-state index in [1.54, 1.807) is 0 Å². The van der Waals surface area contributed by atoms with E-state index in [1.165, 1.54) is 18.5 Å². The van der Waals surface area contributed by atoms with Crippen molar-refractivity contribution in [3.05, 3.63) is 18.2 Å². The molecule has 1 aromatic rings. The highest BCUT2D eigenvalue weighted by molar-refractivity contribution is 5.08. The maximum Gasteiger partial charge on any atom is 0.0951 e. The summed E-state index contributed by atoms with van der Waals surface area (Å²) in [5.74, 6) is 0.646. The monoisotopic (exact) mass is 193 g/mol. The number of hydrogen-bond donors (Lipinski definition) is 1. The topological polar surface area (TPSA) is 43.8 Å². The number of nitrogens with two attached hydrogens (primary N) is 1. The van der Waals surface area contributed by atoms with Gasteiger partial charge in [-0.25, -0.2) is 4.98 Å². The maximum atomic E-state index is 6.15. The number of rotatable bonds is 4. The standard InChI is InChI=1S/C11H19N3/c1-8(2)5-10(12)11-6-13-7-14(11)9-3-4-9/h6-10H,3-5,12H2,1-2H3. The Kier molecular flexibility index (Phi) is 2.59. The molecule has 3 nitrogen and oxygen atoms in total. The van der Waals surface area contributed by atoms with Crippen molar-refractivity contribution in [2.24, 2.45) is 11.7 Å². The molecule has 1 aliphatic carbocycles. The Labute approximate surface area is 85.3 Å². The van der Waals surface area contributed by atoms with Gasteiger partial charge < -0.3 is 10.3 Å². The normalized spacial score (nSPS) is 18.9. The highest BCUT2D eigenvalue weighted by Gasteiger charge is 2.26. The smallest absolute Gasteiger partial charge is 0.0951 e. The molecule has 78 valence electrons. The molecule has 0 aliphatic heterocycles. The minimum absolute atomic E-state index is 0.151. The minimum Gasteiger partial charge on any atom is -0.330 e. The average Bonchev–Trinajstić information content (AvgIpc) is 2.82. The van der Waals surface area contributed by atoms with Gasteiger partial charge in [0.05, 0.1) is 12.0 Å². The van der Waals surface area contributed by atoms with E-state index in [0.29, 0.717) is 12.0 Å². The molecule has 3 heteroatoms. The molecule has 1 fully saturated rings. The van der Waals surface area contributed by atoms with Crippen molar-refractivity contribution in [1.82, 2.24) is 9.55 Å². The molecule has 2 rings (SSSR count). The summed E-state index contributed by atoms with van der Waals surface area (Å²) in [6.45, 7) is 4.41. The Hall–Kier alpha value is -0.830. The lowest BCUT2D eigenvalue weighted by Gasteiger charge is -2.16. The zero-order chi connectivity index (χ0) is 10.1. The summed E-state index contributed by atoms with van der Waals surface area (Å²) in [6, 6.07) is 0.837. The van der Waals surface area contributed by atoms with Crippen molar-refractivity contribution in [1.29, 1.82) is 0 Å². The summed E-state index contributed by atoms with van der Waals surface area (Å²) in [4.78, 5) is 4.19.